The lowest BCUT2D eigenvalue weighted by molar-refractivity contribution is -0.0762. The molecular weight excluding hydrogens is 554 g/mol. The Labute approximate surface area is 239 Å². The van der Waals surface area contributed by atoms with Gasteiger partial charge in [0.15, 0.2) is 11.5 Å². The van der Waals surface area contributed by atoms with E-state index in [1.54, 1.807) is 18.5 Å². The second kappa shape index (κ2) is 9.99. The number of aromatic nitrogens is 4. The summed E-state index contributed by atoms with van der Waals surface area (Å²) in [7, 11) is 0. The zero-order valence-corrected chi connectivity index (χ0v) is 23.5. The minimum Gasteiger partial charge on any atom is -0.477 e. The summed E-state index contributed by atoms with van der Waals surface area (Å²) in [6.45, 7) is 5.83. The molecule has 0 aliphatic carbocycles. The summed E-state index contributed by atoms with van der Waals surface area (Å²) in [5.74, 6) is 1.14. The van der Waals surface area contributed by atoms with Crippen molar-refractivity contribution in [2.45, 2.75) is 57.1 Å². The van der Waals surface area contributed by atoms with Gasteiger partial charge in [0.2, 0.25) is 5.82 Å². The maximum absolute atomic E-state index is 11.5. The highest BCUT2D eigenvalue weighted by molar-refractivity contribution is 7.20. The first-order valence-electron chi connectivity index (χ1n) is 13.4. The standard InChI is InChI=1S/C28H28ClN5O5S/c1-28(27-30-12-17(29)13-31-27)38-21-4-2-3-19(24(21)39-28)16-5-8-33(9-6-16)15-23-32-25-20(11-22(40-25)26(35)36)34(23)14-18-7-10-37-18/h2-4,11-13,16,18H,5-10,14-15H2,1H3,(H,35,36). The molecule has 2 saturated heterocycles. The molecule has 12 heteroatoms. The van der Waals surface area contributed by atoms with Gasteiger partial charge < -0.3 is 23.9 Å². The summed E-state index contributed by atoms with van der Waals surface area (Å²) in [5, 5.41) is 9.91. The lowest BCUT2D eigenvalue weighted by Gasteiger charge is -2.33. The predicted molar refractivity (Wildman–Crippen MR) is 148 cm³/mol. The van der Waals surface area contributed by atoms with Crippen LogP contribution in [-0.4, -0.2) is 61.3 Å². The highest BCUT2D eigenvalue weighted by Gasteiger charge is 2.43. The molecule has 4 aromatic rings. The number of imidazole rings is 1. The number of likely N-dealkylation sites (tertiary alicyclic amines) is 1. The van der Waals surface area contributed by atoms with Gasteiger partial charge in [-0.1, -0.05) is 23.7 Å². The van der Waals surface area contributed by atoms with E-state index in [2.05, 4.69) is 25.5 Å². The van der Waals surface area contributed by atoms with Crippen LogP contribution in [0, 0.1) is 0 Å². The van der Waals surface area contributed by atoms with Crippen LogP contribution in [0.1, 0.15) is 59.0 Å². The number of ether oxygens (including phenoxy) is 3. The van der Waals surface area contributed by atoms with Crippen LogP contribution in [-0.2, 0) is 23.6 Å². The number of thiophene rings is 1. The van der Waals surface area contributed by atoms with Crippen molar-refractivity contribution in [3.63, 3.8) is 0 Å². The monoisotopic (exact) mass is 581 g/mol. The largest absolute Gasteiger partial charge is 0.477 e. The molecule has 0 spiro atoms. The zero-order chi connectivity index (χ0) is 27.4. The second-order valence-electron chi connectivity index (χ2n) is 10.6. The van der Waals surface area contributed by atoms with Gasteiger partial charge in [-0.2, -0.15) is 0 Å². The fourth-order valence-corrected chi connectivity index (χ4v) is 6.72. The number of carbonyl (C=O) groups is 1. The van der Waals surface area contributed by atoms with Crippen molar-refractivity contribution in [2.75, 3.05) is 19.7 Å². The molecule has 0 bridgehead atoms. The van der Waals surface area contributed by atoms with E-state index in [1.165, 1.54) is 11.3 Å². The van der Waals surface area contributed by atoms with Gasteiger partial charge in [-0.3, -0.25) is 4.90 Å². The Morgan fingerprint density at radius 1 is 1.20 bits per heavy atom. The van der Waals surface area contributed by atoms with E-state index in [0.29, 0.717) is 40.5 Å². The number of aromatic carboxylic acids is 1. The average molecular weight is 582 g/mol. The first kappa shape index (κ1) is 25.7. The molecule has 0 saturated carbocycles. The van der Waals surface area contributed by atoms with Crippen LogP contribution < -0.4 is 9.47 Å². The molecule has 40 heavy (non-hydrogen) atoms. The molecule has 2 atom stereocenters. The van der Waals surface area contributed by atoms with Crippen LogP contribution in [0.3, 0.4) is 0 Å². The Balaban J connectivity index is 1.06. The molecule has 0 radical (unpaired) electrons. The third kappa shape index (κ3) is 4.60. The summed E-state index contributed by atoms with van der Waals surface area (Å²) in [5.41, 5.74) is 2.02. The van der Waals surface area contributed by atoms with Gasteiger partial charge in [-0.15, -0.1) is 11.3 Å². The number of fused-ring (bicyclic) bond motifs is 2. The molecule has 3 aliphatic heterocycles. The highest BCUT2D eigenvalue weighted by atomic mass is 35.5. The maximum atomic E-state index is 11.5. The number of nitrogens with zero attached hydrogens (tertiary/aromatic N) is 5. The summed E-state index contributed by atoms with van der Waals surface area (Å²) in [4.78, 5) is 28.5. The van der Waals surface area contributed by atoms with Gasteiger partial charge in [0.1, 0.15) is 15.5 Å². The smallest absolute Gasteiger partial charge is 0.346 e. The number of hydrogen-bond donors (Lipinski definition) is 1. The van der Waals surface area contributed by atoms with Crippen LogP contribution in [0.15, 0.2) is 36.7 Å². The number of para-hydroxylation sites is 1. The highest BCUT2D eigenvalue weighted by Crippen LogP contribution is 2.48. The number of benzene rings is 1. The molecule has 2 fully saturated rings. The summed E-state index contributed by atoms with van der Waals surface area (Å²) in [6, 6.07) is 7.79. The predicted octanol–water partition coefficient (Wildman–Crippen LogP) is 5.05. The normalized spacial score (nSPS) is 23.0. The Hall–Kier alpha value is -3.25. The number of rotatable bonds is 7. The molecule has 7 rings (SSSR count). The Morgan fingerprint density at radius 2 is 1.98 bits per heavy atom. The quantitative estimate of drug-likeness (QED) is 0.320. The molecule has 3 aliphatic rings. The molecule has 208 valence electrons. The van der Waals surface area contributed by atoms with E-state index < -0.39 is 11.8 Å². The Kier molecular flexibility index (Phi) is 6.42. The van der Waals surface area contributed by atoms with Gasteiger partial charge in [0.05, 0.1) is 29.7 Å². The molecule has 1 aromatic carbocycles. The van der Waals surface area contributed by atoms with E-state index in [4.69, 9.17) is 30.8 Å². The van der Waals surface area contributed by atoms with Crippen molar-refractivity contribution in [1.29, 1.82) is 0 Å². The summed E-state index contributed by atoms with van der Waals surface area (Å²) in [6.07, 6.45) is 6.19. The van der Waals surface area contributed by atoms with E-state index in [-0.39, 0.29) is 6.10 Å². The summed E-state index contributed by atoms with van der Waals surface area (Å²) >= 11 is 7.20. The van der Waals surface area contributed by atoms with Crippen LogP contribution in [0.5, 0.6) is 11.5 Å². The average Bonchev–Trinajstić information content (AvgIpc) is 3.58. The van der Waals surface area contributed by atoms with E-state index in [9.17, 15) is 9.90 Å². The maximum Gasteiger partial charge on any atom is 0.346 e. The molecule has 3 aromatic heterocycles. The van der Waals surface area contributed by atoms with Crippen molar-refractivity contribution in [2.24, 2.45) is 0 Å². The van der Waals surface area contributed by atoms with Gasteiger partial charge in [-0.25, -0.2) is 19.7 Å². The van der Waals surface area contributed by atoms with Gasteiger partial charge in [-0.05, 0) is 50.4 Å². The molecular formula is C28H28ClN5O5S. The first-order valence-corrected chi connectivity index (χ1v) is 14.6. The first-order chi connectivity index (χ1) is 19.4. The zero-order valence-electron chi connectivity index (χ0n) is 21.9. The Morgan fingerprint density at radius 3 is 2.67 bits per heavy atom. The van der Waals surface area contributed by atoms with Crippen LogP contribution in [0.2, 0.25) is 5.02 Å². The molecule has 0 amide bonds. The SMILES string of the molecule is CC1(c2ncc(Cl)cn2)Oc2cccc(C3CCN(Cc4nc5sc(C(=O)O)cc5n4CC4CCO4)CC3)c2O1. The number of halogens is 1. The van der Waals surface area contributed by atoms with Crippen LogP contribution >= 0.6 is 22.9 Å². The van der Waals surface area contributed by atoms with Crippen molar-refractivity contribution in [3.8, 4) is 11.5 Å². The lowest BCUT2D eigenvalue weighted by atomic mass is 9.88. The summed E-state index contributed by atoms with van der Waals surface area (Å²) < 4.78 is 20.4. The molecule has 1 N–H and O–H groups in total. The molecule has 6 heterocycles. The van der Waals surface area contributed by atoms with Crippen LogP contribution in [0.4, 0.5) is 0 Å². The third-order valence-electron chi connectivity index (χ3n) is 7.95. The third-order valence-corrected chi connectivity index (χ3v) is 9.15. The number of carboxylic acid groups (broad SMARTS) is 1. The van der Waals surface area contributed by atoms with Crippen LogP contribution in [0.25, 0.3) is 10.3 Å². The number of piperidine rings is 1. The van der Waals surface area contributed by atoms with E-state index in [0.717, 1.165) is 66.4 Å². The lowest BCUT2D eigenvalue weighted by Crippen LogP contribution is -2.35. The van der Waals surface area contributed by atoms with Gasteiger partial charge in [0, 0.05) is 31.5 Å². The number of carboxylic acids is 1. The topological polar surface area (TPSA) is 112 Å². The van der Waals surface area contributed by atoms with Crippen molar-refractivity contribution >= 4 is 39.3 Å². The van der Waals surface area contributed by atoms with E-state index in [1.807, 2.05) is 19.1 Å². The van der Waals surface area contributed by atoms with Gasteiger partial charge in [0.25, 0.3) is 0 Å². The fraction of sp³-hybridized carbons (Fsp3) is 0.429. The van der Waals surface area contributed by atoms with Crippen molar-refractivity contribution in [1.82, 2.24) is 24.4 Å². The second-order valence-corrected chi connectivity index (χ2v) is 12.1. The van der Waals surface area contributed by atoms with Gasteiger partial charge >= 0.3 is 11.8 Å². The Bertz CT molecular complexity index is 1580. The molecule has 2 unspecified atom stereocenters. The van der Waals surface area contributed by atoms with Crippen molar-refractivity contribution < 1.29 is 24.1 Å². The minimum atomic E-state index is -1.11. The molecule has 10 nitrogen and oxygen atoms in total. The fourth-order valence-electron chi connectivity index (χ4n) is 5.73. The van der Waals surface area contributed by atoms with Crippen molar-refractivity contribution in [3.05, 3.63) is 63.8 Å². The number of hydrogen-bond acceptors (Lipinski definition) is 9. The van der Waals surface area contributed by atoms with E-state index >= 15 is 0 Å². The minimum absolute atomic E-state index is 0.154.